The molecule has 0 aliphatic rings. The van der Waals surface area contributed by atoms with Gasteiger partial charge in [-0.05, 0) is 23.6 Å². The highest BCUT2D eigenvalue weighted by atomic mass is 35.5. The lowest BCUT2D eigenvalue weighted by Crippen LogP contribution is -2.08. The summed E-state index contributed by atoms with van der Waals surface area (Å²) in [4.78, 5) is 18.8. The SMILES string of the molecule is CC(C)c1cccc(OCc2ncc(Cl)c(C(=O)O)n2)c1. The Balaban J connectivity index is 2.11. The van der Waals surface area contributed by atoms with E-state index in [-0.39, 0.29) is 23.1 Å². The first-order valence-electron chi connectivity index (χ1n) is 6.45. The van der Waals surface area contributed by atoms with Crippen LogP contribution in [0, 0.1) is 0 Å². The zero-order valence-corrected chi connectivity index (χ0v) is 12.5. The van der Waals surface area contributed by atoms with Crippen LogP contribution in [0.25, 0.3) is 0 Å². The van der Waals surface area contributed by atoms with Crippen LogP contribution in [0.3, 0.4) is 0 Å². The van der Waals surface area contributed by atoms with Crippen LogP contribution in [0.4, 0.5) is 0 Å². The molecule has 1 aromatic heterocycles. The highest BCUT2D eigenvalue weighted by Gasteiger charge is 2.12. The maximum atomic E-state index is 11.0. The zero-order valence-electron chi connectivity index (χ0n) is 11.7. The molecule has 0 atom stereocenters. The van der Waals surface area contributed by atoms with Crippen molar-refractivity contribution in [3.8, 4) is 5.75 Å². The number of carbonyl (C=O) groups is 1. The number of ether oxygens (including phenoxy) is 1. The van der Waals surface area contributed by atoms with Gasteiger partial charge in [0, 0.05) is 0 Å². The fourth-order valence-electron chi connectivity index (χ4n) is 1.73. The van der Waals surface area contributed by atoms with Crippen molar-refractivity contribution in [2.45, 2.75) is 26.4 Å². The number of carboxylic acids is 1. The van der Waals surface area contributed by atoms with E-state index in [1.165, 1.54) is 6.20 Å². The molecule has 0 radical (unpaired) electrons. The van der Waals surface area contributed by atoms with Gasteiger partial charge in [-0.2, -0.15) is 0 Å². The number of aromatic carboxylic acids is 1. The third-order valence-electron chi connectivity index (χ3n) is 2.89. The summed E-state index contributed by atoms with van der Waals surface area (Å²) in [5.41, 5.74) is 0.942. The number of benzene rings is 1. The van der Waals surface area contributed by atoms with Gasteiger partial charge in [-0.15, -0.1) is 0 Å². The van der Waals surface area contributed by atoms with Crippen LogP contribution in [0.2, 0.25) is 5.02 Å². The lowest BCUT2D eigenvalue weighted by molar-refractivity contribution is 0.0689. The number of hydrogen-bond acceptors (Lipinski definition) is 4. The Kier molecular flexibility index (Phi) is 4.75. The third-order valence-corrected chi connectivity index (χ3v) is 3.17. The average molecular weight is 307 g/mol. The topological polar surface area (TPSA) is 72.3 Å². The minimum Gasteiger partial charge on any atom is -0.486 e. The summed E-state index contributed by atoms with van der Waals surface area (Å²) in [6.07, 6.45) is 1.27. The Morgan fingerprint density at radius 2 is 2.19 bits per heavy atom. The molecule has 0 amide bonds. The van der Waals surface area contributed by atoms with Crippen LogP contribution < -0.4 is 4.74 Å². The molecular weight excluding hydrogens is 292 g/mol. The van der Waals surface area contributed by atoms with Crippen molar-refractivity contribution >= 4 is 17.6 Å². The largest absolute Gasteiger partial charge is 0.486 e. The number of nitrogens with zero attached hydrogens (tertiary/aromatic N) is 2. The van der Waals surface area contributed by atoms with Gasteiger partial charge in [0.1, 0.15) is 12.4 Å². The molecule has 2 aromatic rings. The van der Waals surface area contributed by atoms with Gasteiger partial charge in [-0.1, -0.05) is 37.6 Å². The monoisotopic (exact) mass is 306 g/mol. The average Bonchev–Trinajstić information content (AvgIpc) is 2.46. The Morgan fingerprint density at radius 1 is 1.43 bits per heavy atom. The zero-order chi connectivity index (χ0) is 15.4. The molecule has 0 bridgehead atoms. The van der Waals surface area contributed by atoms with Gasteiger partial charge in [-0.25, -0.2) is 14.8 Å². The summed E-state index contributed by atoms with van der Waals surface area (Å²) in [5.74, 6) is 0.174. The second-order valence-electron chi connectivity index (χ2n) is 4.80. The smallest absolute Gasteiger partial charge is 0.356 e. The van der Waals surface area contributed by atoms with Crippen LogP contribution in [-0.2, 0) is 6.61 Å². The Morgan fingerprint density at radius 3 is 2.86 bits per heavy atom. The maximum absolute atomic E-state index is 11.0. The van der Waals surface area contributed by atoms with Crippen molar-refractivity contribution in [3.05, 3.63) is 52.6 Å². The van der Waals surface area contributed by atoms with Gasteiger partial charge in [-0.3, -0.25) is 0 Å². The van der Waals surface area contributed by atoms with Crippen molar-refractivity contribution < 1.29 is 14.6 Å². The fraction of sp³-hybridized carbons (Fsp3) is 0.267. The van der Waals surface area contributed by atoms with Gasteiger partial charge >= 0.3 is 5.97 Å². The second kappa shape index (κ2) is 6.54. The summed E-state index contributed by atoms with van der Waals surface area (Å²) in [7, 11) is 0. The highest BCUT2D eigenvalue weighted by Crippen LogP contribution is 2.21. The van der Waals surface area contributed by atoms with Crippen LogP contribution in [0.1, 0.15) is 41.6 Å². The third kappa shape index (κ3) is 3.92. The van der Waals surface area contributed by atoms with Crippen molar-refractivity contribution in [1.29, 1.82) is 0 Å². The molecule has 0 spiro atoms. The van der Waals surface area contributed by atoms with Crippen molar-refractivity contribution in [3.63, 3.8) is 0 Å². The molecular formula is C15H15ClN2O3. The molecule has 1 aromatic carbocycles. The minimum atomic E-state index is -1.19. The molecule has 110 valence electrons. The number of halogens is 1. The molecule has 21 heavy (non-hydrogen) atoms. The molecule has 2 rings (SSSR count). The number of carboxylic acid groups (broad SMARTS) is 1. The van der Waals surface area contributed by atoms with Crippen molar-refractivity contribution in [2.75, 3.05) is 0 Å². The summed E-state index contributed by atoms with van der Waals surface area (Å²) in [6, 6.07) is 7.72. The molecule has 6 heteroatoms. The second-order valence-corrected chi connectivity index (χ2v) is 5.21. The molecule has 0 saturated carbocycles. The van der Waals surface area contributed by atoms with Gasteiger partial charge in [0.15, 0.2) is 11.5 Å². The summed E-state index contributed by atoms with van der Waals surface area (Å²) in [6.45, 7) is 4.28. The first kappa shape index (κ1) is 15.3. The van der Waals surface area contributed by atoms with Crippen LogP contribution in [0.15, 0.2) is 30.5 Å². The van der Waals surface area contributed by atoms with Crippen molar-refractivity contribution in [2.24, 2.45) is 0 Å². The summed E-state index contributed by atoms with van der Waals surface area (Å²) in [5, 5.41) is 8.96. The van der Waals surface area contributed by atoms with E-state index in [1.54, 1.807) is 0 Å². The molecule has 0 fully saturated rings. The van der Waals surface area contributed by atoms with Gasteiger partial charge < -0.3 is 9.84 Å². The molecule has 1 heterocycles. The van der Waals surface area contributed by atoms with E-state index in [0.29, 0.717) is 11.7 Å². The Labute approximate surface area is 127 Å². The minimum absolute atomic E-state index is 0.00746. The van der Waals surface area contributed by atoms with E-state index >= 15 is 0 Å². The van der Waals surface area contributed by atoms with E-state index in [9.17, 15) is 4.79 Å². The molecule has 0 aliphatic carbocycles. The predicted octanol–water partition coefficient (Wildman–Crippen LogP) is 3.53. The maximum Gasteiger partial charge on any atom is 0.356 e. The van der Waals surface area contributed by atoms with Gasteiger partial charge in [0.25, 0.3) is 0 Å². The number of aromatic nitrogens is 2. The van der Waals surface area contributed by atoms with E-state index in [4.69, 9.17) is 21.4 Å². The van der Waals surface area contributed by atoms with E-state index in [0.717, 1.165) is 5.56 Å². The molecule has 0 aliphatic heterocycles. The standard InChI is InChI=1S/C15H15ClN2O3/c1-9(2)10-4-3-5-11(6-10)21-8-13-17-7-12(16)14(18-13)15(19)20/h3-7,9H,8H2,1-2H3,(H,19,20). The summed E-state index contributed by atoms with van der Waals surface area (Å²) < 4.78 is 5.60. The Bertz CT molecular complexity index is 659. The first-order chi connectivity index (χ1) is 9.97. The van der Waals surface area contributed by atoms with Crippen molar-refractivity contribution in [1.82, 2.24) is 9.97 Å². The molecule has 5 nitrogen and oxygen atoms in total. The number of hydrogen-bond donors (Lipinski definition) is 1. The van der Waals surface area contributed by atoms with E-state index in [2.05, 4.69) is 23.8 Å². The van der Waals surface area contributed by atoms with Gasteiger partial charge in [0.2, 0.25) is 0 Å². The normalized spacial score (nSPS) is 10.7. The quantitative estimate of drug-likeness (QED) is 0.915. The van der Waals surface area contributed by atoms with Crippen LogP contribution >= 0.6 is 11.6 Å². The lowest BCUT2D eigenvalue weighted by atomic mass is 10.0. The van der Waals surface area contributed by atoms with E-state index in [1.807, 2.05) is 24.3 Å². The van der Waals surface area contributed by atoms with Gasteiger partial charge in [0.05, 0.1) is 11.2 Å². The molecule has 1 N–H and O–H groups in total. The molecule has 0 unspecified atom stereocenters. The summed E-state index contributed by atoms with van der Waals surface area (Å²) >= 11 is 5.72. The first-order valence-corrected chi connectivity index (χ1v) is 6.82. The molecule has 0 saturated heterocycles. The number of rotatable bonds is 5. The van der Waals surface area contributed by atoms with Crippen LogP contribution in [-0.4, -0.2) is 21.0 Å². The van der Waals surface area contributed by atoms with E-state index < -0.39 is 5.97 Å². The highest BCUT2D eigenvalue weighted by molar-refractivity contribution is 6.33. The predicted molar refractivity (Wildman–Crippen MR) is 78.9 cm³/mol. The Hall–Kier alpha value is -2.14. The lowest BCUT2D eigenvalue weighted by Gasteiger charge is -2.09. The fourth-order valence-corrected chi connectivity index (χ4v) is 1.91. The van der Waals surface area contributed by atoms with Crippen LogP contribution in [0.5, 0.6) is 5.75 Å².